The normalized spacial score (nSPS) is 23.3. The van der Waals surface area contributed by atoms with Gasteiger partial charge < -0.3 is 10.4 Å². The fourth-order valence-electron chi connectivity index (χ4n) is 2.05. The van der Waals surface area contributed by atoms with Gasteiger partial charge in [-0.25, -0.2) is 4.79 Å². The summed E-state index contributed by atoms with van der Waals surface area (Å²) in [4.78, 5) is 23.0. The van der Waals surface area contributed by atoms with Crippen molar-refractivity contribution in [1.29, 1.82) is 0 Å². The second-order valence-electron chi connectivity index (χ2n) is 4.48. The van der Waals surface area contributed by atoms with Gasteiger partial charge in [0.05, 0.1) is 11.6 Å². The van der Waals surface area contributed by atoms with E-state index in [1.807, 2.05) is 4.67 Å². The average Bonchev–Trinajstić information content (AvgIpc) is 2.69. The Morgan fingerprint density at radius 1 is 1.47 bits per heavy atom. The molecule has 1 fully saturated rings. The minimum absolute atomic E-state index is 0.144. The van der Waals surface area contributed by atoms with E-state index in [0.29, 0.717) is 12.1 Å². The molecule has 2 rings (SSSR count). The molecule has 2 N–H and O–H groups in total. The van der Waals surface area contributed by atoms with Crippen molar-refractivity contribution in [2.24, 2.45) is 0 Å². The maximum absolute atomic E-state index is 12.1. The molecule has 102 valence electrons. The van der Waals surface area contributed by atoms with E-state index in [1.165, 1.54) is 12.1 Å². The molecule has 3 atom stereocenters. The van der Waals surface area contributed by atoms with Crippen molar-refractivity contribution < 1.29 is 14.7 Å². The largest absolute Gasteiger partial charge is 0.478 e. The lowest BCUT2D eigenvalue weighted by Crippen LogP contribution is -2.34. The smallest absolute Gasteiger partial charge is 0.335 e. The van der Waals surface area contributed by atoms with E-state index in [0.717, 1.165) is 6.54 Å². The van der Waals surface area contributed by atoms with Crippen LogP contribution in [0.5, 0.6) is 0 Å². The number of thiol groups is 1. The molecule has 0 aromatic heterocycles. The van der Waals surface area contributed by atoms with Crippen molar-refractivity contribution in [3.8, 4) is 0 Å². The molecule has 1 heterocycles. The van der Waals surface area contributed by atoms with Gasteiger partial charge in [0.1, 0.15) is 0 Å². The predicted octanol–water partition coefficient (Wildman–Crippen LogP) is 1.49. The fourth-order valence-corrected chi connectivity index (χ4v) is 3.13. The van der Waals surface area contributed by atoms with Crippen LogP contribution in [0.4, 0.5) is 5.69 Å². The van der Waals surface area contributed by atoms with Gasteiger partial charge in [0.25, 0.3) is 0 Å². The summed E-state index contributed by atoms with van der Waals surface area (Å²) in [6, 6.07) is 5.96. The Balaban J connectivity index is 2.07. The number of benzene rings is 1. The zero-order chi connectivity index (χ0) is 14.0. The zero-order valence-electron chi connectivity index (χ0n) is 10.1. The standard InChI is InChI=1S/C12H15N2O3PS/c15-11(10-5-9(19)6-14(10)18)13-8-3-1-2-7(4-8)12(16)17/h1-4,9-10,19H,5-6,18H2,(H,13,15)(H,16,17). The van der Waals surface area contributed by atoms with Crippen LogP contribution in [0.15, 0.2) is 24.3 Å². The highest BCUT2D eigenvalue weighted by atomic mass is 32.1. The minimum Gasteiger partial charge on any atom is -0.478 e. The SMILES string of the molecule is O=C(O)c1cccc(NC(=O)C2CC(S)CN2P)c1. The van der Waals surface area contributed by atoms with Crippen LogP contribution >= 0.6 is 22.0 Å². The van der Waals surface area contributed by atoms with Gasteiger partial charge >= 0.3 is 5.97 Å². The van der Waals surface area contributed by atoms with E-state index in [4.69, 9.17) is 5.11 Å². The molecule has 3 unspecified atom stereocenters. The zero-order valence-corrected chi connectivity index (χ0v) is 12.2. The first-order valence-electron chi connectivity index (χ1n) is 5.81. The van der Waals surface area contributed by atoms with Crippen LogP contribution in [0, 0.1) is 0 Å². The fraction of sp³-hybridized carbons (Fsp3) is 0.333. The molecule has 0 radical (unpaired) electrons. The highest BCUT2D eigenvalue weighted by Gasteiger charge is 2.32. The van der Waals surface area contributed by atoms with Crippen molar-refractivity contribution in [1.82, 2.24) is 4.67 Å². The third-order valence-corrected chi connectivity index (χ3v) is 3.94. The quantitative estimate of drug-likeness (QED) is 0.584. The molecule has 0 bridgehead atoms. The first-order chi connectivity index (χ1) is 8.97. The molecule has 0 aliphatic carbocycles. The summed E-state index contributed by atoms with van der Waals surface area (Å²) in [5.74, 6) is -1.16. The lowest BCUT2D eigenvalue weighted by atomic mass is 10.1. The number of carboxylic acids is 1. The van der Waals surface area contributed by atoms with E-state index in [9.17, 15) is 9.59 Å². The third kappa shape index (κ3) is 3.47. The van der Waals surface area contributed by atoms with Gasteiger partial charge in [-0.2, -0.15) is 12.6 Å². The Kier molecular flexibility index (Phi) is 4.45. The summed E-state index contributed by atoms with van der Waals surface area (Å²) in [7, 11) is 2.52. The number of hydrogen-bond acceptors (Lipinski definition) is 4. The molecule has 19 heavy (non-hydrogen) atoms. The number of anilines is 1. The minimum atomic E-state index is -1.01. The molecule has 1 aliphatic heterocycles. The Hall–Kier alpha value is -1.10. The third-order valence-electron chi connectivity index (χ3n) is 3.00. The number of amides is 1. The molecule has 1 aromatic rings. The van der Waals surface area contributed by atoms with Crippen molar-refractivity contribution in [3.63, 3.8) is 0 Å². The van der Waals surface area contributed by atoms with Crippen molar-refractivity contribution in [2.45, 2.75) is 17.7 Å². The molecule has 1 aliphatic rings. The van der Waals surface area contributed by atoms with Gasteiger partial charge in [-0.05, 0) is 24.6 Å². The molecule has 7 heteroatoms. The number of carboxylic acid groups (broad SMARTS) is 1. The molecule has 0 saturated carbocycles. The van der Waals surface area contributed by atoms with Crippen LogP contribution in [-0.2, 0) is 4.79 Å². The van der Waals surface area contributed by atoms with Crippen LogP contribution in [0.3, 0.4) is 0 Å². The monoisotopic (exact) mass is 298 g/mol. The Morgan fingerprint density at radius 2 is 2.21 bits per heavy atom. The van der Waals surface area contributed by atoms with Gasteiger partial charge in [-0.15, -0.1) is 0 Å². The number of rotatable bonds is 3. The van der Waals surface area contributed by atoms with Crippen LogP contribution in [0.25, 0.3) is 0 Å². The molecule has 5 nitrogen and oxygen atoms in total. The van der Waals surface area contributed by atoms with Crippen LogP contribution in [0.2, 0.25) is 0 Å². The first kappa shape index (κ1) is 14.3. The Labute approximate surface area is 119 Å². The van der Waals surface area contributed by atoms with E-state index in [2.05, 4.69) is 27.3 Å². The van der Waals surface area contributed by atoms with E-state index in [-0.39, 0.29) is 22.8 Å². The maximum atomic E-state index is 12.1. The molecule has 1 aromatic carbocycles. The lowest BCUT2D eigenvalue weighted by molar-refractivity contribution is -0.119. The molecule has 1 saturated heterocycles. The summed E-state index contributed by atoms with van der Waals surface area (Å²) in [5, 5.41) is 11.8. The van der Waals surface area contributed by atoms with E-state index < -0.39 is 5.97 Å². The number of aromatic carboxylic acids is 1. The first-order valence-corrected chi connectivity index (χ1v) is 6.84. The van der Waals surface area contributed by atoms with Gasteiger partial charge in [0, 0.05) is 17.5 Å². The summed E-state index contributed by atoms with van der Waals surface area (Å²) in [5.41, 5.74) is 0.643. The van der Waals surface area contributed by atoms with Crippen LogP contribution in [0.1, 0.15) is 16.8 Å². The summed E-state index contributed by atoms with van der Waals surface area (Å²) in [6.45, 7) is 0.737. The van der Waals surface area contributed by atoms with Gasteiger partial charge in [0.15, 0.2) is 0 Å². The summed E-state index contributed by atoms with van der Waals surface area (Å²) in [6.07, 6.45) is 0.678. The van der Waals surface area contributed by atoms with E-state index in [1.54, 1.807) is 12.1 Å². The number of nitrogens with one attached hydrogen (secondary N) is 1. The van der Waals surface area contributed by atoms with E-state index >= 15 is 0 Å². The van der Waals surface area contributed by atoms with Gasteiger partial charge in [0.2, 0.25) is 5.91 Å². The number of hydrogen-bond donors (Lipinski definition) is 3. The van der Waals surface area contributed by atoms with Crippen LogP contribution < -0.4 is 5.32 Å². The Bertz CT molecular complexity index is 512. The summed E-state index contributed by atoms with van der Waals surface area (Å²) < 4.78 is 1.87. The molecule has 0 spiro atoms. The highest BCUT2D eigenvalue weighted by Crippen LogP contribution is 2.26. The number of nitrogens with zero attached hydrogens (tertiary/aromatic N) is 1. The average molecular weight is 298 g/mol. The molecular weight excluding hydrogens is 283 g/mol. The van der Waals surface area contributed by atoms with Gasteiger partial charge in [-0.1, -0.05) is 15.5 Å². The highest BCUT2D eigenvalue weighted by molar-refractivity contribution is 7.81. The predicted molar refractivity (Wildman–Crippen MR) is 79.6 cm³/mol. The topological polar surface area (TPSA) is 69.6 Å². The maximum Gasteiger partial charge on any atom is 0.335 e. The van der Waals surface area contributed by atoms with Crippen molar-refractivity contribution in [3.05, 3.63) is 29.8 Å². The Morgan fingerprint density at radius 3 is 2.79 bits per heavy atom. The molecule has 1 amide bonds. The second kappa shape index (κ2) is 5.90. The number of carbonyl (C=O) groups excluding carboxylic acids is 1. The number of carbonyl (C=O) groups is 2. The van der Waals surface area contributed by atoms with Crippen molar-refractivity contribution >= 4 is 39.6 Å². The van der Waals surface area contributed by atoms with Gasteiger partial charge in [-0.3, -0.25) is 9.46 Å². The lowest BCUT2D eigenvalue weighted by Gasteiger charge is -2.18. The van der Waals surface area contributed by atoms with Crippen molar-refractivity contribution in [2.75, 3.05) is 11.9 Å². The van der Waals surface area contributed by atoms with Crippen LogP contribution in [-0.4, -0.2) is 39.5 Å². The summed E-state index contributed by atoms with van der Waals surface area (Å²) >= 11 is 4.36. The molecular formula is C12H15N2O3PS. The second-order valence-corrected chi connectivity index (χ2v) is 5.87.